The van der Waals surface area contributed by atoms with E-state index in [4.69, 9.17) is 14.6 Å². The lowest BCUT2D eigenvalue weighted by atomic mass is 10.0. The molecule has 2 rings (SSSR count). The molecule has 1 atom stereocenters. The number of methoxy groups -OCH3 is 1. The third-order valence-corrected chi connectivity index (χ3v) is 3.40. The van der Waals surface area contributed by atoms with E-state index in [1.807, 2.05) is 30.3 Å². The number of alkyl carbamates (subject to hydrolysis) is 1. The molecule has 0 saturated carbocycles. The van der Waals surface area contributed by atoms with Crippen LogP contribution < -0.4 is 10.1 Å². The van der Waals surface area contributed by atoms with E-state index in [-0.39, 0.29) is 13.0 Å². The fourth-order valence-corrected chi connectivity index (χ4v) is 2.27. The number of amides is 1. The highest BCUT2D eigenvalue weighted by Gasteiger charge is 2.21. The Labute approximate surface area is 140 Å². The Balaban J connectivity index is 2.05. The predicted octanol–water partition coefficient (Wildman–Crippen LogP) is 3.14. The average Bonchev–Trinajstić information content (AvgIpc) is 2.60. The average molecular weight is 329 g/mol. The molecule has 0 aliphatic carbocycles. The summed E-state index contributed by atoms with van der Waals surface area (Å²) < 4.78 is 10.4. The first-order chi connectivity index (χ1) is 11.6. The van der Waals surface area contributed by atoms with Crippen molar-refractivity contribution in [1.29, 1.82) is 0 Å². The van der Waals surface area contributed by atoms with Crippen molar-refractivity contribution >= 4 is 12.1 Å². The van der Waals surface area contributed by atoms with E-state index < -0.39 is 18.1 Å². The first-order valence-electron chi connectivity index (χ1n) is 7.42. The van der Waals surface area contributed by atoms with Gasteiger partial charge in [0.05, 0.1) is 19.6 Å². The van der Waals surface area contributed by atoms with E-state index in [2.05, 4.69) is 5.32 Å². The zero-order valence-corrected chi connectivity index (χ0v) is 13.3. The highest BCUT2D eigenvalue weighted by molar-refractivity contribution is 5.72. The summed E-state index contributed by atoms with van der Waals surface area (Å²) in [6, 6.07) is 15.4. The van der Waals surface area contributed by atoms with Gasteiger partial charge in [0.25, 0.3) is 0 Å². The van der Waals surface area contributed by atoms with Gasteiger partial charge < -0.3 is 19.9 Å². The normalized spacial score (nSPS) is 11.4. The lowest BCUT2D eigenvalue weighted by molar-refractivity contribution is -0.137. The number of aliphatic carboxylic acids is 1. The van der Waals surface area contributed by atoms with E-state index >= 15 is 0 Å². The monoisotopic (exact) mass is 329 g/mol. The van der Waals surface area contributed by atoms with Gasteiger partial charge in [-0.1, -0.05) is 48.5 Å². The van der Waals surface area contributed by atoms with Crippen LogP contribution >= 0.6 is 0 Å². The van der Waals surface area contributed by atoms with Crippen molar-refractivity contribution in [3.8, 4) is 5.75 Å². The summed E-state index contributed by atoms with van der Waals surface area (Å²) >= 11 is 0. The number of carboxylic acids is 1. The molecule has 0 unspecified atom stereocenters. The Morgan fingerprint density at radius 1 is 1.08 bits per heavy atom. The number of ether oxygens (including phenoxy) is 2. The van der Waals surface area contributed by atoms with Crippen molar-refractivity contribution < 1.29 is 24.2 Å². The summed E-state index contributed by atoms with van der Waals surface area (Å²) in [5, 5.41) is 11.7. The number of carbonyl (C=O) groups is 2. The molecule has 0 bridgehead atoms. The molecule has 6 heteroatoms. The van der Waals surface area contributed by atoms with E-state index in [9.17, 15) is 9.59 Å². The van der Waals surface area contributed by atoms with Crippen molar-refractivity contribution in [1.82, 2.24) is 5.32 Å². The topological polar surface area (TPSA) is 84.9 Å². The smallest absolute Gasteiger partial charge is 0.407 e. The van der Waals surface area contributed by atoms with Crippen molar-refractivity contribution in [2.75, 3.05) is 7.11 Å². The minimum absolute atomic E-state index is 0.110. The standard InChI is InChI=1S/C18H19NO5/c1-23-16-10-6-5-9-14(16)15(11-17(20)21)19-18(22)24-12-13-7-3-2-4-8-13/h2-10,15H,11-12H2,1H3,(H,19,22)(H,20,21)/t15-/m1/s1. The molecule has 0 heterocycles. The quantitative estimate of drug-likeness (QED) is 0.815. The van der Waals surface area contributed by atoms with Crippen LogP contribution in [0.2, 0.25) is 0 Å². The molecule has 0 radical (unpaired) electrons. The second-order valence-corrected chi connectivity index (χ2v) is 5.10. The Kier molecular flexibility index (Phi) is 6.19. The molecular formula is C18H19NO5. The molecule has 6 nitrogen and oxygen atoms in total. The lowest BCUT2D eigenvalue weighted by Gasteiger charge is -2.19. The van der Waals surface area contributed by atoms with Gasteiger partial charge in [0.15, 0.2) is 0 Å². The second kappa shape index (κ2) is 8.57. The third kappa shape index (κ3) is 5.01. The largest absolute Gasteiger partial charge is 0.496 e. The molecular weight excluding hydrogens is 310 g/mol. The zero-order chi connectivity index (χ0) is 17.4. The summed E-state index contributed by atoms with van der Waals surface area (Å²) in [5.41, 5.74) is 1.43. The highest BCUT2D eigenvalue weighted by Crippen LogP contribution is 2.27. The van der Waals surface area contributed by atoms with Crippen LogP contribution in [-0.4, -0.2) is 24.3 Å². The van der Waals surface area contributed by atoms with Gasteiger partial charge in [0.1, 0.15) is 12.4 Å². The van der Waals surface area contributed by atoms with E-state index in [0.717, 1.165) is 5.56 Å². The fourth-order valence-electron chi connectivity index (χ4n) is 2.27. The summed E-state index contributed by atoms with van der Waals surface area (Å²) in [4.78, 5) is 23.1. The Morgan fingerprint density at radius 2 is 1.75 bits per heavy atom. The number of carboxylic acid groups (broad SMARTS) is 1. The number of hydrogen-bond donors (Lipinski definition) is 2. The van der Waals surface area contributed by atoms with Gasteiger partial charge in [-0.2, -0.15) is 0 Å². The molecule has 0 aliphatic rings. The lowest BCUT2D eigenvalue weighted by Crippen LogP contribution is -2.31. The van der Waals surface area contributed by atoms with Crippen LogP contribution in [0.3, 0.4) is 0 Å². The molecule has 2 aromatic rings. The van der Waals surface area contributed by atoms with Gasteiger partial charge in [-0.25, -0.2) is 4.79 Å². The van der Waals surface area contributed by atoms with Gasteiger partial charge in [0, 0.05) is 5.56 Å². The number of hydrogen-bond acceptors (Lipinski definition) is 4. The third-order valence-electron chi connectivity index (χ3n) is 3.40. The maximum atomic E-state index is 12.0. The molecule has 2 aromatic carbocycles. The minimum Gasteiger partial charge on any atom is -0.496 e. The van der Waals surface area contributed by atoms with Gasteiger partial charge in [-0.3, -0.25) is 4.79 Å². The number of carbonyl (C=O) groups excluding carboxylic acids is 1. The van der Waals surface area contributed by atoms with Crippen LogP contribution in [0, 0.1) is 0 Å². The van der Waals surface area contributed by atoms with E-state index in [0.29, 0.717) is 11.3 Å². The highest BCUT2D eigenvalue weighted by atomic mass is 16.5. The van der Waals surface area contributed by atoms with Crippen molar-refractivity contribution in [2.45, 2.75) is 19.1 Å². The van der Waals surface area contributed by atoms with Crippen LogP contribution in [0.15, 0.2) is 54.6 Å². The van der Waals surface area contributed by atoms with Gasteiger partial charge in [-0.15, -0.1) is 0 Å². The molecule has 0 spiro atoms. The molecule has 0 saturated heterocycles. The van der Waals surface area contributed by atoms with Gasteiger partial charge in [0.2, 0.25) is 0 Å². The zero-order valence-electron chi connectivity index (χ0n) is 13.3. The minimum atomic E-state index is -1.03. The molecule has 0 fully saturated rings. The molecule has 1 amide bonds. The van der Waals surface area contributed by atoms with Crippen molar-refractivity contribution in [2.24, 2.45) is 0 Å². The second-order valence-electron chi connectivity index (χ2n) is 5.10. The van der Waals surface area contributed by atoms with Gasteiger partial charge in [-0.05, 0) is 11.6 Å². The molecule has 0 aromatic heterocycles. The summed E-state index contributed by atoms with van der Waals surface area (Å²) in [6.07, 6.45) is -0.961. The van der Waals surface area contributed by atoms with Crippen LogP contribution in [-0.2, 0) is 16.1 Å². The van der Waals surface area contributed by atoms with Gasteiger partial charge >= 0.3 is 12.1 Å². The Bertz CT molecular complexity index is 687. The summed E-state index contributed by atoms with van der Waals surface area (Å²) in [7, 11) is 1.49. The predicted molar refractivity (Wildman–Crippen MR) is 87.8 cm³/mol. The Morgan fingerprint density at radius 3 is 2.42 bits per heavy atom. The first kappa shape index (κ1) is 17.3. The van der Waals surface area contributed by atoms with Crippen LogP contribution in [0.5, 0.6) is 5.75 Å². The summed E-state index contributed by atoms with van der Waals surface area (Å²) in [5.74, 6) is -0.527. The first-order valence-corrected chi connectivity index (χ1v) is 7.42. The number of benzene rings is 2. The summed E-state index contributed by atoms with van der Waals surface area (Å²) in [6.45, 7) is 0.110. The molecule has 24 heavy (non-hydrogen) atoms. The molecule has 126 valence electrons. The molecule has 0 aliphatic heterocycles. The maximum absolute atomic E-state index is 12.0. The van der Waals surface area contributed by atoms with Crippen molar-refractivity contribution in [3.63, 3.8) is 0 Å². The number of rotatable bonds is 7. The maximum Gasteiger partial charge on any atom is 0.407 e. The van der Waals surface area contributed by atoms with E-state index in [1.165, 1.54) is 7.11 Å². The number of nitrogens with one attached hydrogen (secondary N) is 1. The van der Waals surface area contributed by atoms with Crippen molar-refractivity contribution in [3.05, 3.63) is 65.7 Å². The van der Waals surface area contributed by atoms with Crippen LogP contribution in [0.25, 0.3) is 0 Å². The Hall–Kier alpha value is -3.02. The van der Waals surface area contributed by atoms with E-state index in [1.54, 1.807) is 24.3 Å². The molecule has 2 N–H and O–H groups in total. The SMILES string of the molecule is COc1ccccc1[C@@H](CC(=O)O)NC(=O)OCc1ccccc1. The van der Waals surface area contributed by atoms with Crippen LogP contribution in [0.1, 0.15) is 23.6 Å². The fraction of sp³-hybridized carbons (Fsp3) is 0.222. The number of para-hydroxylation sites is 1. The van der Waals surface area contributed by atoms with Crippen LogP contribution in [0.4, 0.5) is 4.79 Å².